The van der Waals surface area contributed by atoms with E-state index >= 15 is 0 Å². The van der Waals surface area contributed by atoms with Crippen molar-refractivity contribution < 1.29 is 0 Å². The lowest BCUT2D eigenvalue weighted by Crippen LogP contribution is -1.92. The highest BCUT2D eigenvalue weighted by atomic mass is 35.5. The predicted octanol–water partition coefficient (Wildman–Crippen LogP) is 4.04. The summed E-state index contributed by atoms with van der Waals surface area (Å²) in [5.74, 6) is 0. The highest BCUT2D eigenvalue weighted by Gasteiger charge is 2.07. The number of halogens is 1. The van der Waals surface area contributed by atoms with E-state index in [0.29, 0.717) is 0 Å². The Kier molecular flexibility index (Phi) is 3.35. The molecule has 0 amide bonds. The van der Waals surface area contributed by atoms with Crippen molar-refractivity contribution in [2.45, 2.75) is 0 Å². The van der Waals surface area contributed by atoms with Crippen molar-refractivity contribution in [3.63, 3.8) is 0 Å². The van der Waals surface area contributed by atoms with Crippen LogP contribution in [0.2, 0.25) is 5.28 Å². The van der Waals surface area contributed by atoms with E-state index in [0.717, 1.165) is 22.2 Å². The van der Waals surface area contributed by atoms with E-state index in [-0.39, 0.29) is 5.28 Å². The quantitative estimate of drug-likeness (QED) is 0.600. The van der Waals surface area contributed by atoms with E-state index < -0.39 is 0 Å². The van der Waals surface area contributed by atoms with Crippen LogP contribution in [0.15, 0.2) is 55.7 Å². The Hall–Kier alpha value is -1.93. The molecule has 2 rings (SSSR count). The van der Waals surface area contributed by atoms with Gasteiger partial charge in [0.15, 0.2) is 0 Å². The molecule has 0 spiro atoms. The maximum Gasteiger partial charge on any atom is 0.223 e. The number of benzene rings is 1. The number of aromatic nitrogens is 2. The van der Waals surface area contributed by atoms with Gasteiger partial charge in [-0.05, 0) is 23.2 Å². The molecule has 0 aliphatic rings. The lowest BCUT2D eigenvalue weighted by molar-refractivity contribution is 1.20. The maximum atomic E-state index is 5.89. The second kappa shape index (κ2) is 4.93. The van der Waals surface area contributed by atoms with Crippen molar-refractivity contribution in [3.05, 3.63) is 66.6 Å². The minimum absolute atomic E-state index is 0.229. The van der Waals surface area contributed by atoms with Crippen LogP contribution in [0.5, 0.6) is 0 Å². The highest BCUT2D eigenvalue weighted by Crippen LogP contribution is 2.23. The van der Waals surface area contributed by atoms with Crippen molar-refractivity contribution in [2.75, 3.05) is 0 Å². The van der Waals surface area contributed by atoms with Crippen LogP contribution in [0.1, 0.15) is 5.69 Å². The number of hydrogen-bond donors (Lipinski definition) is 0. The minimum atomic E-state index is 0.229. The van der Waals surface area contributed by atoms with Gasteiger partial charge in [-0.3, -0.25) is 0 Å². The molecule has 1 aromatic carbocycles. The molecule has 1 heterocycles. The number of allylic oxidation sites excluding steroid dienone is 4. The van der Waals surface area contributed by atoms with Gasteiger partial charge in [-0.1, -0.05) is 49.6 Å². The second-order valence-electron chi connectivity index (χ2n) is 3.48. The molecule has 3 heteroatoms. The second-order valence-corrected chi connectivity index (χ2v) is 3.82. The van der Waals surface area contributed by atoms with Gasteiger partial charge in [0, 0.05) is 5.39 Å². The lowest BCUT2D eigenvalue weighted by atomic mass is 10.1. The number of fused-ring (bicyclic) bond motifs is 1. The summed E-state index contributed by atoms with van der Waals surface area (Å²) in [7, 11) is 0. The van der Waals surface area contributed by atoms with Gasteiger partial charge in [0.2, 0.25) is 5.28 Å². The van der Waals surface area contributed by atoms with Crippen LogP contribution in [0, 0.1) is 0 Å². The Balaban J connectivity index is 2.63. The SMILES string of the molecule is C=C/C=C\C(=C)c1nc(Cl)nc2ccccc12. The van der Waals surface area contributed by atoms with Crippen LogP contribution < -0.4 is 0 Å². The normalized spacial score (nSPS) is 10.9. The van der Waals surface area contributed by atoms with E-state index in [1.54, 1.807) is 6.08 Å². The molecule has 0 bridgehead atoms. The molecular formula is C14H11ClN2. The van der Waals surface area contributed by atoms with E-state index in [4.69, 9.17) is 11.6 Å². The molecule has 2 aromatic rings. The summed E-state index contributed by atoms with van der Waals surface area (Å²) in [6, 6.07) is 7.70. The third-order valence-corrected chi connectivity index (χ3v) is 2.48. The molecular weight excluding hydrogens is 232 g/mol. The van der Waals surface area contributed by atoms with Crippen molar-refractivity contribution in [2.24, 2.45) is 0 Å². The topological polar surface area (TPSA) is 25.8 Å². The first kappa shape index (κ1) is 11.6. The van der Waals surface area contributed by atoms with Gasteiger partial charge in [0.1, 0.15) is 0 Å². The van der Waals surface area contributed by atoms with Crippen LogP contribution in [0.4, 0.5) is 0 Å². The Morgan fingerprint density at radius 2 is 2.00 bits per heavy atom. The third-order valence-electron chi connectivity index (χ3n) is 2.31. The van der Waals surface area contributed by atoms with E-state index in [2.05, 4.69) is 23.1 Å². The Morgan fingerprint density at radius 1 is 1.24 bits per heavy atom. The molecule has 0 aliphatic heterocycles. The fourth-order valence-electron chi connectivity index (χ4n) is 1.56. The summed E-state index contributed by atoms with van der Waals surface area (Å²) in [4.78, 5) is 8.39. The van der Waals surface area contributed by atoms with Gasteiger partial charge in [-0.25, -0.2) is 9.97 Å². The standard InChI is InChI=1S/C14H11ClN2/c1-3-4-7-10(2)13-11-8-5-6-9-12(11)16-14(15)17-13/h3-9H,1-2H2/b7-4-. The fraction of sp³-hybridized carbons (Fsp3) is 0. The van der Waals surface area contributed by atoms with Gasteiger partial charge in [0.25, 0.3) is 0 Å². The molecule has 1 aromatic heterocycles. The average Bonchev–Trinajstić information content (AvgIpc) is 2.34. The molecule has 0 aliphatic carbocycles. The van der Waals surface area contributed by atoms with E-state index in [9.17, 15) is 0 Å². The largest absolute Gasteiger partial charge is 0.223 e. The van der Waals surface area contributed by atoms with Gasteiger partial charge in [0.05, 0.1) is 11.2 Å². The molecule has 0 saturated carbocycles. The molecule has 0 radical (unpaired) electrons. The molecule has 0 unspecified atom stereocenters. The fourth-order valence-corrected chi connectivity index (χ4v) is 1.73. The van der Waals surface area contributed by atoms with Gasteiger partial charge in [-0.2, -0.15) is 0 Å². The number of hydrogen-bond acceptors (Lipinski definition) is 2. The molecule has 84 valence electrons. The first-order valence-corrected chi connectivity index (χ1v) is 5.51. The lowest BCUT2D eigenvalue weighted by Gasteiger charge is -2.05. The zero-order valence-electron chi connectivity index (χ0n) is 9.23. The Bertz CT molecular complexity index is 615. The number of rotatable bonds is 3. The van der Waals surface area contributed by atoms with Gasteiger partial charge < -0.3 is 0 Å². The Morgan fingerprint density at radius 3 is 2.76 bits per heavy atom. The highest BCUT2D eigenvalue weighted by molar-refractivity contribution is 6.28. The summed E-state index contributed by atoms with van der Waals surface area (Å²) in [5.41, 5.74) is 2.35. The average molecular weight is 243 g/mol. The minimum Gasteiger partial charge on any atom is -0.218 e. The molecule has 2 nitrogen and oxygen atoms in total. The molecule has 17 heavy (non-hydrogen) atoms. The first-order chi connectivity index (χ1) is 8.22. The van der Waals surface area contributed by atoms with E-state index in [1.807, 2.05) is 36.4 Å². The van der Waals surface area contributed by atoms with Crippen LogP contribution in [-0.4, -0.2) is 9.97 Å². The summed E-state index contributed by atoms with van der Waals surface area (Å²) < 4.78 is 0. The van der Waals surface area contributed by atoms with Gasteiger partial charge >= 0.3 is 0 Å². The molecule has 0 atom stereocenters. The maximum absolute atomic E-state index is 5.89. The third kappa shape index (κ3) is 2.43. The van der Waals surface area contributed by atoms with Crippen molar-refractivity contribution >= 4 is 28.1 Å². The number of nitrogens with zero attached hydrogens (tertiary/aromatic N) is 2. The summed E-state index contributed by atoms with van der Waals surface area (Å²) in [5, 5.41) is 1.17. The monoisotopic (exact) mass is 242 g/mol. The number of para-hydroxylation sites is 1. The smallest absolute Gasteiger partial charge is 0.218 e. The molecule has 0 saturated heterocycles. The molecule has 0 N–H and O–H groups in total. The zero-order valence-corrected chi connectivity index (χ0v) is 9.98. The van der Waals surface area contributed by atoms with Crippen molar-refractivity contribution in [3.8, 4) is 0 Å². The zero-order chi connectivity index (χ0) is 12.3. The van der Waals surface area contributed by atoms with Gasteiger partial charge in [-0.15, -0.1) is 0 Å². The summed E-state index contributed by atoms with van der Waals surface area (Å²) in [6.45, 7) is 7.59. The van der Waals surface area contributed by atoms with Crippen LogP contribution in [-0.2, 0) is 0 Å². The summed E-state index contributed by atoms with van der Waals surface area (Å²) >= 11 is 5.89. The van der Waals surface area contributed by atoms with Crippen LogP contribution in [0.3, 0.4) is 0 Å². The summed E-state index contributed by atoms with van der Waals surface area (Å²) in [6.07, 6.45) is 5.35. The predicted molar refractivity (Wildman–Crippen MR) is 72.9 cm³/mol. The molecule has 0 fully saturated rings. The van der Waals surface area contributed by atoms with Crippen molar-refractivity contribution in [1.29, 1.82) is 0 Å². The first-order valence-electron chi connectivity index (χ1n) is 5.13. The van der Waals surface area contributed by atoms with Crippen molar-refractivity contribution in [1.82, 2.24) is 9.97 Å². The van der Waals surface area contributed by atoms with E-state index in [1.165, 1.54) is 0 Å². The Labute approximate surface area is 105 Å². The van der Waals surface area contributed by atoms with Crippen LogP contribution in [0.25, 0.3) is 16.5 Å². The van der Waals surface area contributed by atoms with Crippen LogP contribution >= 0.6 is 11.6 Å².